The lowest BCUT2D eigenvalue weighted by molar-refractivity contribution is -0.144. The highest BCUT2D eigenvalue weighted by Crippen LogP contribution is 2.56. The molecule has 6 rings (SSSR count). The van der Waals surface area contributed by atoms with Crippen LogP contribution < -0.4 is 15.4 Å². The van der Waals surface area contributed by atoms with E-state index in [-0.39, 0.29) is 29.8 Å². The van der Waals surface area contributed by atoms with Crippen LogP contribution in [0.1, 0.15) is 84.0 Å². The fourth-order valence-corrected chi connectivity index (χ4v) is 7.87. The van der Waals surface area contributed by atoms with Crippen LogP contribution in [-0.2, 0) is 19.1 Å². The van der Waals surface area contributed by atoms with Crippen molar-refractivity contribution in [3.63, 3.8) is 0 Å². The van der Waals surface area contributed by atoms with Crippen molar-refractivity contribution in [3.8, 4) is 5.75 Å². The minimum atomic E-state index is -1.11. The summed E-state index contributed by atoms with van der Waals surface area (Å²) in [6.45, 7) is 2.49. The highest BCUT2D eigenvalue weighted by Gasteiger charge is 2.73. The third-order valence-corrected chi connectivity index (χ3v) is 9.72. The van der Waals surface area contributed by atoms with Crippen LogP contribution in [-0.4, -0.2) is 59.1 Å². The molecule has 4 fully saturated rings. The van der Waals surface area contributed by atoms with E-state index in [4.69, 9.17) is 9.47 Å². The summed E-state index contributed by atoms with van der Waals surface area (Å²) >= 11 is 0. The van der Waals surface area contributed by atoms with E-state index >= 15 is 0 Å². The van der Waals surface area contributed by atoms with E-state index in [2.05, 4.69) is 10.6 Å². The monoisotopic (exact) mass is 549 g/mol. The molecule has 8 nitrogen and oxygen atoms in total. The van der Waals surface area contributed by atoms with E-state index < -0.39 is 29.6 Å². The Kier molecular flexibility index (Phi) is 7.89. The molecule has 2 N–H and O–H groups in total. The number of benzene rings is 1. The van der Waals surface area contributed by atoms with Crippen molar-refractivity contribution in [3.05, 3.63) is 36.4 Å². The van der Waals surface area contributed by atoms with Gasteiger partial charge in [-0.1, -0.05) is 63.5 Å². The molecule has 40 heavy (non-hydrogen) atoms. The summed E-state index contributed by atoms with van der Waals surface area (Å²) < 4.78 is 12.1. The van der Waals surface area contributed by atoms with E-state index in [1.54, 1.807) is 12.1 Å². The summed E-state index contributed by atoms with van der Waals surface area (Å²) in [5, 5.41) is 6.32. The largest absolute Gasteiger partial charge is 0.494 e. The molecule has 0 radical (unpaired) electrons. The zero-order valence-corrected chi connectivity index (χ0v) is 23.6. The first-order valence-corrected chi connectivity index (χ1v) is 15.6. The van der Waals surface area contributed by atoms with Gasteiger partial charge >= 0.3 is 0 Å². The molecule has 8 heteroatoms. The summed E-state index contributed by atoms with van der Waals surface area (Å²) in [6, 6.07) is 6.62. The predicted octanol–water partition coefficient (Wildman–Crippen LogP) is 4.74. The first kappa shape index (κ1) is 27.3. The van der Waals surface area contributed by atoms with Crippen molar-refractivity contribution in [1.29, 1.82) is 0 Å². The molecule has 2 aliphatic carbocycles. The number of carbonyl (C=O) groups excluding carboxylic acids is 3. The number of anilines is 1. The Morgan fingerprint density at radius 1 is 0.950 bits per heavy atom. The molecule has 3 amide bonds. The Hall–Kier alpha value is -2.87. The normalized spacial score (nSPS) is 32.4. The van der Waals surface area contributed by atoms with Crippen LogP contribution in [0.2, 0.25) is 0 Å². The van der Waals surface area contributed by atoms with Crippen LogP contribution >= 0.6 is 0 Å². The molecule has 1 aromatic carbocycles. The SMILES string of the molecule is CCOc1ccc(NC(=O)C2[C@@H]3C=CC4(O3)C(C(=O)NC3CCCCC3)N(C3CCCCCCC3)C(=O)[C@H]24)cc1. The van der Waals surface area contributed by atoms with Crippen LogP contribution in [0.3, 0.4) is 0 Å². The van der Waals surface area contributed by atoms with Gasteiger partial charge in [0.15, 0.2) is 0 Å². The Bertz CT molecular complexity index is 1120. The highest BCUT2D eigenvalue weighted by molar-refractivity contribution is 6.03. The summed E-state index contributed by atoms with van der Waals surface area (Å²) in [5.74, 6) is -1.14. The molecule has 5 atom stereocenters. The third-order valence-electron chi connectivity index (χ3n) is 9.72. The van der Waals surface area contributed by atoms with Crippen molar-refractivity contribution >= 4 is 23.4 Å². The van der Waals surface area contributed by atoms with Gasteiger partial charge in [0.25, 0.3) is 0 Å². The van der Waals surface area contributed by atoms with Gasteiger partial charge in [-0.05, 0) is 56.9 Å². The van der Waals surface area contributed by atoms with Gasteiger partial charge in [-0.15, -0.1) is 0 Å². The number of fused-ring (bicyclic) bond motifs is 1. The second-order valence-corrected chi connectivity index (χ2v) is 12.2. The standard InChI is InChI=1S/C32H43N3O5/c1-2-39-24-17-15-22(16-18-24)33-29(36)26-25-19-20-32(40-25)27(26)31(38)35(23-13-9-4-3-5-10-14-23)28(32)30(37)34-21-11-7-6-8-12-21/h15-21,23,25-28H,2-14H2,1H3,(H,33,36)(H,34,37)/t25-,26?,27-,28?,32?/m0/s1. The number of amides is 3. The molecule has 1 aromatic rings. The summed E-state index contributed by atoms with van der Waals surface area (Å²) in [7, 11) is 0. The van der Waals surface area contributed by atoms with E-state index in [1.807, 2.05) is 36.1 Å². The minimum absolute atomic E-state index is 0.0132. The fraction of sp³-hybridized carbons (Fsp3) is 0.656. The topological polar surface area (TPSA) is 97.0 Å². The number of carbonyl (C=O) groups is 3. The quantitative estimate of drug-likeness (QED) is 0.479. The third kappa shape index (κ3) is 4.93. The molecular formula is C32H43N3O5. The lowest BCUT2D eigenvalue weighted by atomic mass is 9.74. The van der Waals surface area contributed by atoms with Crippen molar-refractivity contribution in [1.82, 2.24) is 10.2 Å². The number of ether oxygens (including phenoxy) is 2. The van der Waals surface area contributed by atoms with Gasteiger partial charge < -0.3 is 25.0 Å². The average molecular weight is 550 g/mol. The summed E-state index contributed by atoms with van der Waals surface area (Å²) in [6.07, 6.45) is 16.1. The van der Waals surface area contributed by atoms with E-state index in [9.17, 15) is 14.4 Å². The number of nitrogens with zero attached hydrogens (tertiary/aromatic N) is 1. The van der Waals surface area contributed by atoms with Crippen LogP contribution in [0, 0.1) is 11.8 Å². The molecular weight excluding hydrogens is 506 g/mol. The molecule has 5 aliphatic rings. The van der Waals surface area contributed by atoms with Crippen LogP contribution in [0.5, 0.6) is 5.75 Å². The highest BCUT2D eigenvalue weighted by atomic mass is 16.5. The number of hydrogen-bond acceptors (Lipinski definition) is 5. The maximum absolute atomic E-state index is 14.4. The maximum atomic E-state index is 14.4. The predicted molar refractivity (Wildman–Crippen MR) is 152 cm³/mol. The molecule has 3 heterocycles. The van der Waals surface area contributed by atoms with Crippen molar-refractivity contribution < 1.29 is 23.9 Å². The van der Waals surface area contributed by atoms with Crippen LogP contribution in [0.15, 0.2) is 36.4 Å². The summed E-state index contributed by atoms with van der Waals surface area (Å²) in [4.78, 5) is 44.1. The zero-order valence-electron chi connectivity index (χ0n) is 23.6. The van der Waals surface area contributed by atoms with Crippen LogP contribution in [0.25, 0.3) is 0 Å². The van der Waals surface area contributed by atoms with Gasteiger partial charge in [-0.2, -0.15) is 0 Å². The number of likely N-dealkylation sites (tertiary alicyclic amines) is 1. The van der Waals surface area contributed by atoms with Gasteiger partial charge in [0.2, 0.25) is 17.7 Å². The van der Waals surface area contributed by atoms with Crippen LogP contribution in [0.4, 0.5) is 5.69 Å². The Morgan fingerprint density at radius 3 is 2.30 bits per heavy atom. The first-order chi connectivity index (χ1) is 19.5. The minimum Gasteiger partial charge on any atom is -0.494 e. The van der Waals surface area contributed by atoms with Crippen molar-refractivity contribution in [2.75, 3.05) is 11.9 Å². The Balaban J connectivity index is 1.29. The van der Waals surface area contributed by atoms with Gasteiger partial charge in [0, 0.05) is 17.8 Å². The van der Waals surface area contributed by atoms with Gasteiger partial charge in [0.05, 0.1) is 24.5 Å². The lowest BCUT2D eigenvalue weighted by Crippen LogP contribution is -2.58. The second-order valence-electron chi connectivity index (χ2n) is 12.2. The first-order valence-electron chi connectivity index (χ1n) is 15.6. The maximum Gasteiger partial charge on any atom is 0.246 e. The molecule has 2 saturated carbocycles. The molecule has 3 aliphatic heterocycles. The van der Waals surface area contributed by atoms with E-state index in [0.717, 1.165) is 70.0 Å². The molecule has 0 aromatic heterocycles. The smallest absolute Gasteiger partial charge is 0.246 e. The average Bonchev–Trinajstić information content (AvgIpc) is 3.58. The Morgan fingerprint density at radius 2 is 1.60 bits per heavy atom. The van der Waals surface area contributed by atoms with Gasteiger partial charge in [-0.3, -0.25) is 14.4 Å². The number of rotatable bonds is 7. The van der Waals surface area contributed by atoms with Gasteiger partial charge in [0.1, 0.15) is 17.4 Å². The number of hydrogen-bond donors (Lipinski definition) is 2. The number of nitrogens with one attached hydrogen (secondary N) is 2. The van der Waals surface area contributed by atoms with E-state index in [0.29, 0.717) is 12.3 Å². The summed E-state index contributed by atoms with van der Waals surface area (Å²) in [5.41, 5.74) is -0.466. The fourth-order valence-electron chi connectivity index (χ4n) is 7.87. The lowest BCUT2D eigenvalue weighted by Gasteiger charge is -2.38. The molecule has 2 bridgehead atoms. The molecule has 2 saturated heterocycles. The molecule has 216 valence electrons. The van der Waals surface area contributed by atoms with Gasteiger partial charge in [-0.25, -0.2) is 0 Å². The zero-order chi connectivity index (χ0) is 27.7. The molecule has 3 unspecified atom stereocenters. The van der Waals surface area contributed by atoms with E-state index in [1.165, 1.54) is 12.8 Å². The van der Waals surface area contributed by atoms with Crippen molar-refractivity contribution in [2.45, 2.75) is 114 Å². The second kappa shape index (κ2) is 11.6. The van der Waals surface area contributed by atoms with Crippen molar-refractivity contribution in [2.24, 2.45) is 11.8 Å². The Labute approximate surface area is 237 Å². The molecule has 1 spiro atoms.